The maximum Gasteiger partial charge on any atom is 0.244 e. The number of amides is 2. The molecular weight excluding hydrogens is 534 g/mol. The highest BCUT2D eigenvalue weighted by Crippen LogP contribution is 2.28. The fourth-order valence-electron chi connectivity index (χ4n) is 4.22. The molecule has 0 unspecified atom stereocenters. The van der Waals surface area contributed by atoms with Gasteiger partial charge in [0, 0.05) is 24.5 Å². The van der Waals surface area contributed by atoms with Gasteiger partial charge in [0.25, 0.3) is 0 Å². The number of rotatable bonds is 12. The van der Waals surface area contributed by atoms with Crippen LogP contribution in [-0.2, 0) is 32.6 Å². The molecule has 3 aromatic rings. The lowest BCUT2D eigenvalue weighted by Crippen LogP contribution is -2.53. The number of halogens is 1. The molecule has 7 nitrogen and oxygen atoms in total. The molecule has 1 N–H and O–H groups in total. The maximum absolute atomic E-state index is 14.1. The van der Waals surface area contributed by atoms with Crippen molar-refractivity contribution in [2.45, 2.75) is 39.8 Å². The van der Waals surface area contributed by atoms with Crippen LogP contribution in [0.15, 0.2) is 78.9 Å². The summed E-state index contributed by atoms with van der Waals surface area (Å²) in [5, 5.41) is 3.37. The largest absolute Gasteiger partial charge is 0.354 e. The van der Waals surface area contributed by atoms with Crippen molar-refractivity contribution >= 4 is 39.1 Å². The van der Waals surface area contributed by atoms with E-state index in [1.807, 2.05) is 74.5 Å². The summed E-state index contributed by atoms with van der Waals surface area (Å²) in [7, 11) is -3.86. The molecule has 208 valence electrons. The normalized spacial score (nSPS) is 12.2. The lowest BCUT2D eigenvalue weighted by Gasteiger charge is -2.34. The van der Waals surface area contributed by atoms with Crippen molar-refractivity contribution in [1.82, 2.24) is 10.2 Å². The van der Waals surface area contributed by atoms with Gasteiger partial charge in [0.05, 0.1) is 11.9 Å². The second kappa shape index (κ2) is 13.6. The van der Waals surface area contributed by atoms with Crippen LogP contribution in [0.25, 0.3) is 0 Å². The number of sulfonamides is 1. The van der Waals surface area contributed by atoms with Crippen LogP contribution >= 0.6 is 11.6 Å². The Morgan fingerprint density at radius 3 is 2.05 bits per heavy atom. The van der Waals surface area contributed by atoms with Gasteiger partial charge in [-0.1, -0.05) is 92.2 Å². The van der Waals surface area contributed by atoms with Crippen LogP contribution in [0.2, 0.25) is 5.02 Å². The summed E-state index contributed by atoms with van der Waals surface area (Å²) in [6, 6.07) is 22.9. The number of hydrogen-bond donors (Lipinski definition) is 1. The first-order valence-electron chi connectivity index (χ1n) is 12.8. The van der Waals surface area contributed by atoms with Crippen LogP contribution in [0.3, 0.4) is 0 Å². The zero-order valence-corrected chi connectivity index (χ0v) is 24.4. The Kier molecular flexibility index (Phi) is 10.5. The molecule has 0 radical (unpaired) electrons. The van der Waals surface area contributed by atoms with E-state index in [2.05, 4.69) is 5.32 Å². The molecule has 0 aliphatic heterocycles. The highest BCUT2D eigenvalue weighted by Gasteiger charge is 2.33. The lowest BCUT2D eigenvalue weighted by atomic mass is 10.0. The summed E-state index contributed by atoms with van der Waals surface area (Å²) < 4.78 is 26.9. The molecule has 0 saturated carbocycles. The van der Waals surface area contributed by atoms with Crippen molar-refractivity contribution in [3.8, 4) is 0 Å². The van der Waals surface area contributed by atoms with Gasteiger partial charge in [-0.15, -0.1) is 0 Å². The molecule has 0 saturated heterocycles. The molecule has 9 heteroatoms. The van der Waals surface area contributed by atoms with Crippen LogP contribution in [0, 0.1) is 12.8 Å². The van der Waals surface area contributed by atoms with Crippen LogP contribution in [0.1, 0.15) is 30.5 Å². The number of carbonyl (C=O) groups excluding carboxylic acids is 2. The second-order valence-corrected chi connectivity index (χ2v) is 12.3. The topological polar surface area (TPSA) is 86.8 Å². The molecule has 1 atom stereocenters. The molecule has 0 aliphatic rings. The van der Waals surface area contributed by atoms with Gasteiger partial charge in [0.2, 0.25) is 21.8 Å². The molecule has 0 aliphatic carbocycles. The molecule has 3 aromatic carbocycles. The Bertz CT molecular complexity index is 1370. The number of carbonyl (C=O) groups is 2. The van der Waals surface area contributed by atoms with Gasteiger partial charge in [-0.05, 0) is 41.7 Å². The minimum atomic E-state index is -3.86. The van der Waals surface area contributed by atoms with E-state index in [0.29, 0.717) is 22.8 Å². The Hall–Kier alpha value is -3.36. The molecule has 0 heterocycles. The molecule has 0 aromatic heterocycles. The van der Waals surface area contributed by atoms with E-state index in [0.717, 1.165) is 21.7 Å². The van der Waals surface area contributed by atoms with Crippen LogP contribution in [0.5, 0.6) is 0 Å². The molecule has 0 spiro atoms. The van der Waals surface area contributed by atoms with Crippen LogP contribution < -0.4 is 9.62 Å². The molecular formula is C30H36ClN3O4S. The van der Waals surface area contributed by atoms with Gasteiger partial charge in [0.15, 0.2) is 0 Å². The van der Waals surface area contributed by atoms with Gasteiger partial charge < -0.3 is 10.2 Å². The summed E-state index contributed by atoms with van der Waals surface area (Å²) in [5.74, 6) is -0.568. The van der Waals surface area contributed by atoms with Crippen molar-refractivity contribution in [2.75, 3.05) is 23.7 Å². The number of hydrogen-bond acceptors (Lipinski definition) is 4. The third-order valence-corrected chi connectivity index (χ3v) is 7.87. The Morgan fingerprint density at radius 2 is 1.49 bits per heavy atom. The maximum atomic E-state index is 14.1. The van der Waals surface area contributed by atoms with E-state index in [9.17, 15) is 18.0 Å². The Labute approximate surface area is 236 Å². The average Bonchev–Trinajstić information content (AvgIpc) is 2.90. The van der Waals surface area contributed by atoms with Gasteiger partial charge in [0.1, 0.15) is 12.6 Å². The Morgan fingerprint density at radius 1 is 0.897 bits per heavy atom. The van der Waals surface area contributed by atoms with Gasteiger partial charge >= 0.3 is 0 Å². The molecule has 3 rings (SSSR count). The van der Waals surface area contributed by atoms with E-state index in [1.165, 1.54) is 4.90 Å². The number of anilines is 1. The summed E-state index contributed by atoms with van der Waals surface area (Å²) >= 11 is 6.29. The summed E-state index contributed by atoms with van der Waals surface area (Å²) in [6.07, 6.45) is 1.33. The monoisotopic (exact) mass is 569 g/mol. The van der Waals surface area contributed by atoms with Gasteiger partial charge in [-0.2, -0.15) is 0 Å². The minimum absolute atomic E-state index is 0.137. The highest BCUT2D eigenvalue weighted by atomic mass is 35.5. The highest BCUT2D eigenvalue weighted by molar-refractivity contribution is 7.92. The average molecular weight is 570 g/mol. The van der Waals surface area contributed by atoms with Crippen LogP contribution in [0.4, 0.5) is 5.69 Å². The fourth-order valence-corrected chi connectivity index (χ4v) is 5.29. The quantitative estimate of drug-likeness (QED) is 0.338. The third kappa shape index (κ3) is 8.57. The van der Waals surface area contributed by atoms with E-state index in [1.54, 1.807) is 25.1 Å². The van der Waals surface area contributed by atoms with Crippen molar-refractivity contribution < 1.29 is 18.0 Å². The summed E-state index contributed by atoms with van der Waals surface area (Å²) in [4.78, 5) is 29.1. The van der Waals surface area contributed by atoms with Crippen molar-refractivity contribution in [3.63, 3.8) is 0 Å². The standard InChI is InChI=1S/C30H36ClN3O4S/c1-22(2)19-32-30(36)28(18-24-12-7-5-8-13-24)33(20-25-14-9-6-10-15-25)29(35)21-34(39(4,37)38)27-17-11-16-26(31)23(27)3/h5-17,22,28H,18-21H2,1-4H3,(H,32,36)/t28-/m1/s1. The zero-order valence-electron chi connectivity index (χ0n) is 22.8. The number of nitrogens with one attached hydrogen (secondary N) is 1. The van der Waals surface area contributed by atoms with Gasteiger partial charge in [-0.3, -0.25) is 13.9 Å². The van der Waals surface area contributed by atoms with Gasteiger partial charge in [-0.25, -0.2) is 8.42 Å². The number of benzene rings is 3. The number of nitrogens with zero attached hydrogens (tertiary/aromatic N) is 2. The predicted octanol–water partition coefficient (Wildman–Crippen LogP) is 4.83. The second-order valence-electron chi connectivity index (χ2n) is 10.0. The van der Waals surface area contributed by atoms with Crippen molar-refractivity contribution in [1.29, 1.82) is 0 Å². The first kappa shape index (κ1) is 30.2. The molecule has 2 amide bonds. The van der Waals surface area contributed by atoms with E-state index in [-0.39, 0.29) is 24.8 Å². The summed E-state index contributed by atoms with van der Waals surface area (Å²) in [6.45, 7) is 5.82. The molecule has 39 heavy (non-hydrogen) atoms. The van der Waals surface area contributed by atoms with Crippen molar-refractivity contribution in [3.05, 3.63) is 101 Å². The molecule has 0 fully saturated rings. The van der Waals surface area contributed by atoms with E-state index < -0.39 is 28.5 Å². The zero-order chi connectivity index (χ0) is 28.6. The SMILES string of the molecule is Cc1c(Cl)cccc1N(CC(=O)N(Cc1ccccc1)[C@H](Cc1ccccc1)C(=O)NCC(C)C)S(C)(=O)=O. The smallest absolute Gasteiger partial charge is 0.244 e. The van der Waals surface area contributed by atoms with Crippen molar-refractivity contribution in [2.24, 2.45) is 5.92 Å². The third-order valence-electron chi connectivity index (χ3n) is 6.34. The Balaban J connectivity index is 2.05. The first-order valence-corrected chi connectivity index (χ1v) is 15.1. The lowest BCUT2D eigenvalue weighted by molar-refractivity contribution is -0.140. The molecule has 0 bridgehead atoms. The fraction of sp³-hybridized carbons (Fsp3) is 0.333. The predicted molar refractivity (Wildman–Crippen MR) is 157 cm³/mol. The summed E-state index contributed by atoms with van der Waals surface area (Å²) in [5.41, 5.74) is 2.58. The van der Waals surface area contributed by atoms with Crippen LogP contribution in [-0.4, -0.2) is 50.5 Å². The van der Waals surface area contributed by atoms with E-state index >= 15 is 0 Å². The first-order chi connectivity index (χ1) is 18.5. The minimum Gasteiger partial charge on any atom is -0.354 e. The van der Waals surface area contributed by atoms with E-state index in [4.69, 9.17) is 11.6 Å².